The zero-order valence-corrected chi connectivity index (χ0v) is 21.1. The van der Waals surface area contributed by atoms with Crippen molar-refractivity contribution >= 4 is 23.2 Å². The van der Waals surface area contributed by atoms with Crippen molar-refractivity contribution in [2.45, 2.75) is 71.4 Å². The molecule has 33 heavy (non-hydrogen) atoms. The number of hydrogen-bond acceptors (Lipinski definition) is 4. The van der Waals surface area contributed by atoms with Crippen LogP contribution in [0, 0.1) is 12.8 Å². The predicted octanol–water partition coefficient (Wildman–Crippen LogP) is 5.38. The number of hydrogen-bond donors (Lipinski definition) is 0. The van der Waals surface area contributed by atoms with E-state index in [1.54, 1.807) is 11.3 Å². The predicted molar refractivity (Wildman–Crippen MR) is 133 cm³/mol. The Hall–Kier alpha value is -2.34. The van der Waals surface area contributed by atoms with Crippen molar-refractivity contribution in [3.05, 3.63) is 51.7 Å². The van der Waals surface area contributed by atoms with Gasteiger partial charge in [0.05, 0.1) is 6.04 Å². The highest BCUT2D eigenvalue weighted by molar-refractivity contribution is 7.10. The average Bonchev–Trinajstić information content (AvgIpc) is 3.47. The fraction of sp³-hybridized carbons (Fsp3) is 0.556. The van der Waals surface area contributed by atoms with Gasteiger partial charge < -0.3 is 14.5 Å². The Labute approximate surface area is 201 Å². The number of thiophene rings is 1. The smallest absolute Gasteiger partial charge is 0.242 e. The maximum atomic E-state index is 13.7. The van der Waals surface area contributed by atoms with Crippen molar-refractivity contribution in [2.24, 2.45) is 5.92 Å². The van der Waals surface area contributed by atoms with Crippen LogP contribution in [0.4, 0.5) is 0 Å². The first-order valence-corrected chi connectivity index (χ1v) is 13.0. The largest absolute Gasteiger partial charge is 0.491 e. The fourth-order valence-electron chi connectivity index (χ4n) is 4.95. The number of carbonyl (C=O) groups is 2. The fourth-order valence-corrected chi connectivity index (χ4v) is 5.88. The molecule has 1 atom stereocenters. The highest BCUT2D eigenvalue weighted by Gasteiger charge is 2.38. The Kier molecular flexibility index (Phi) is 7.13. The Morgan fingerprint density at radius 3 is 2.48 bits per heavy atom. The van der Waals surface area contributed by atoms with Crippen LogP contribution in [-0.2, 0) is 16.0 Å². The van der Waals surface area contributed by atoms with Crippen LogP contribution in [0.25, 0.3) is 0 Å². The lowest BCUT2D eigenvalue weighted by Gasteiger charge is -2.41. The van der Waals surface area contributed by atoms with Crippen molar-refractivity contribution in [1.29, 1.82) is 0 Å². The van der Waals surface area contributed by atoms with Gasteiger partial charge in [-0.1, -0.05) is 30.5 Å². The molecule has 1 aliphatic carbocycles. The SMILES string of the molecule is Cc1ccc(OC[C@@H]2c3ccsc3CCN2C(=O)CN(C(=O)C2CCCC2)C(C)(C)C)cc1. The van der Waals surface area contributed by atoms with Gasteiger partial charge in [-0.2, -0.15) is 0 Å². The molecule has 1 aromatic carbocycles. The standard InChI is InChI=1S/C27H36N2O3S/c1-19-9-11-21(12-10-19)32-18-23-22-14-16-33-24(22)13-15-28(23)25(30)17-29(27(2,3)4)26(31)20-7-5-6-8-20/h9-12,14,16,20,23H,5-8,13,15,17-18H2,1-4H3/t23-/m1/s1. The average molecular weight is 469 g/mol. The van der Waals surface area contributed by atoms with Crippen molar-refractivity contribution in [1.82, 2.24) is 9.80 Å². The van der Waals surface area contributed by atoms with E-state index >= 15 is 0 Å². The zero-order chi connectivity index (χ0) is 23.6. The van der Waals surface area contributed by atoms with Crippen LogP contribution < -0.4 is 4.74 Å². The molecule has 1 fully saturated rings. The Balaban J connectivity index is 1.52. The Morgan fingerprint density at radius 1 is 1.12 bits per heavy atom. The number of fused-ring (bicyclic) bond motifs is 1. The summed E-state index contributed by atoms with van der Waals surface area (Å²) in [7, 11) is 0. The van der Waals surface area contributed by atoms with Crippen LogP contribution in [0.3, 0.4) is 0 Å². The topological polar surface area (TPSA) is 49.9 Å². The zero-order valence-electron chi connectivity index (χ0n) is 20.3. The molecule has 2 aromatic rings. The monoisotopic (exact) mass is 468 g/mol. The Morgan fingerprint density at radius 2 is 1.82 bits per heavy atom. The van der Waals surface area contributed by atoms with E-state index in [-0.39, 0.29) is 30.3 Å². The molecule has 5 nitrogen and oxygen atoms in total. The second kappa shape index (κ2) is 9.88. The maximum Gasteiger partial charge on any atom is 0.242 e. The molecule has 2 amide bonds. The number of carbonyl (C=O) groups excluding carboxylic acids is 2. The van der Waals surface area contributed by atoms with Crippen LogP contribution in [-0.4, -0.2) is 46.8 Å². The third kappa shape index (κ3) is 5.43. The summed E-state index contributed by atoms with van der Waals surface area (Å²) in [5, 5.41) is 2.10. The molecular weight excluding hydrogens is 432 g/mol. The van der Waals surface area contributed by atoms with E-state index in [1.807, 2.05) is 54.8 Å². The van der Waals surface area contributed by atoms with Crippen molar-refractivity contribution in [2.75, 3.05) is 19.7 Å². The molecule has 0 N–H and O–H groups in total. The first kappa shape index (κ1) is 23.8. The molecule has 1 aliphatic heterocycles. The number of amides is 2. The summed E-state index contributed by atoms with van der Waals surface area (Å²) in [6, 6.07) is 9.99. The van der Waals surface area contributed by atoms with Crippen molar-refractivity contribution < 1.29 is 14.3 Å². The maximum absolute atomic E-state index is 13.7. The van der Waals surface area contributed by atoms with Crippen LogP contribution >= 0.6 is 11.3 Å². The van der Waals surface area contributed by atoms with Crippen LogP contribution in [0.1, 0.15) is 68.5 Å². The molecule has 6 heteroatoms. The summed E-state index contributed by atoms with van der Waals surface area (Å²) in [6.45, 7) is 9.32. The van der Waals surface area contributed by atoms with Crippen molar-refractivity contribution in [3.63, 3.8) is 0 Å². The summed E-state index contributed by atoms with van der Waals surface area (Å²) in [5.41, 5.74) is 1.97. The second-order valence-corrected chi connectivity index (χ2v) is 11.4. The minimum atomic E-state index is -0.396. The molecule has 2 aliphatic rings. The summed E-state index contributed by atoms with van der Waals surface area (Å²) in [6.07, 6.45) is 4.94. The van der Waals surface area contributed by atoms with Gasteiger partial charge in [0, 0.05) is 22.9 Å². The molecule has 0 bridgehead atoms. The van der Waals surface area contributed by atoms with Crippen LogP contribution in [0.2, 0.25) is 0 Å². The lowest BCUT2D eigenvalue weighted by atomic mass is 9.98. The molecule has 0 unspecified atom stereocenters. The molecule has 4 rings (SSSR count). The summed E-state index contributed by atoms with van der Waals surface area (Å²) >= 11 is 1.75. The molecule has 0 saturated heterocycles. The first-order valence-electron chi connectivity index (χ1n) is 12.1. The van der Waals surface area contributed by atoms with Crippen LogP contribution in [0.15, 0.2) is 35.7 Å². The molecule has 178 valence electrons. The minimum Gasteiger partial charge on any atom is -0.491 e. The van der Waals surface area contributed by atoms with Gasteiger partial charge in [0.2, 0.25) is 11.8 Å². The summed E-state index contributed by atoms with van der Waals surface area (Å²) in [4.78, 5) is 32.0. The van der Waals surface area contributed by atoms with E-state index in [0.29, 0.717) is 13.2 Å². The quantitative estimate of drug-likeness (QED) is 0.572. The van der Waals surface area contributed by atoms with Gasteiger partial charge in [-0.05, 0) is 76.1 Å². The second-order valence-electron chi connectivity index (χ2n) is 10.4. The van der Waals surface area contributed by atoms with Gasteiger partial charge >= 0.3 is 0 Å². The van der Waals surface area contributed by atoms with E-state index in [0.717, 1.165) is 37.9 Å². The van der Waals surface area contributed by atoms with Gasteiger partial charge in [-0.3, -0.25) is 9.59 Å². The first-order chi connectivity index (χ1) is 15.7. The Bertz CT molecular complexity index is 970. The van der Waals surface area contributed by atoms with Gasteiger partial charge in [0.25, 0.3) is 0 Å². The molecule has 2 heterocycles. The van der Waals surface area contributed by atoms with E-state index in [4.69, 9.17) is 4.74 Å². The summed E-state index contributed by atoms with van der Waals surface area (Å²) < 4.78 is 6.14. The van der Waals surface area contributed by atoms with E-state index < -0.39 is 5.54 Å². The number of ether oxygens (including phenoxy) is 1. The minimum absolute atomic E-state index is 0.00521. The van der Waals surface area contributed by atoms with Crippen LogP contribution in [0.5, 0.6) is 5.75 Å². The summed E-state index contributed by atoms with van der Waals surface area (Å²) in [5.74, 6) is 1.00. The van der Waals surface area contributed by atoms with E-state index in [1.165, 1.54) is 16.0 Å². The number of rotatable bonds is 6. The molecule has 1 saturated carbocycles. The number of nitrogens with zero attached hydrogens (tertiary/aromatic N) is 2. The molecular formula is C27H36N2O3S. The van der Waals surface area contributed by atoms with Gasteiger partial charge in [0.1, 0.15) is 18.9 Å². The highest BCUT2D eigenvalue weighted by atomic mass is 32.1. The van der Waals surface area contributed by atoms with E-state index in [2.05, 4.69) is 18.4 Å². The number of aryl methyl sites for hydroxylation is 1. The highest BCUT2D eigenvalue weighted by Crippen LogP contribution is 2.35. The normalized spacial score (nSPS) is 18.8. The molecule has 1 aromatic heterocycles. The van der Waals surface area contributed by atoms with Gasteiger partial charge in [0.15, 0.2) is 0 Å². The lowest BCUT2D eigenvalue weighted by molar-refractivity contribution is -0.149. The molecule has 0 radical (unpaired) electrons. The van der Waals surface area contributed by atoms with Gasteiger partial charge in [-0.25, -0.2) is 0 Å². The van der Waals surface area contributed by atoms with Gasteiger partial charge in [-0.15, -0.1) is 11.3 Å². The lowest BCUT2D eigenvalue weighted by Crippen LogP contribution is -2.54. The number of benzene rings is 1. The van der Waals surface area contributed by atoms with Crippen molar-refractivity contribution in [3.8, 4) is 5.75 Å². The third-order valence-corrected chi connectivity index (χ3v) is 7.91. The third-order valence-electron chi connectivity index (χ3n) is 6.92. The molecule has 0 spiro atoms. The van der Waals surface area contributed by atoms with E-state index in [9.17, 15) is 9.59 Å².